The first kappa shape index (κ1) is 13.9. The monoisotopic (exact) mass is 282 g/mol. The summed E-state index contributed by atoms with van der Waals surface area (Å²) in [6, 6.07) is 5.39. The molecule has 1 aromatic carbocycles. The number of nitrogens with two attached hydrogens (primary N) is 1. The maximum absolute atomic E-state index is 12.5. The maximum atomic E-state index is 12.5. The highest BCUT2D eigenvalue weighted by atomic mass is 32.2. The lowest BCUT2D eigenvalue weighted by atomic mass is 10.1. The number of anilines is 2. The highest BCUT2D eigenvalue weighted by molar-refractivity contribution is 7.92. The highest BCUT2D eigenvalue weighted by Crippen LogP contribution is 2.33. The standard InChI is InChI=1S/C13H18N2O3S/c1-13(2,19(3,17)18)12(16)15-7-6-9-4-5-10(14)8-11(9)15/h4-5,8H,6-7,14H2,1-3H3. The molecule has 0 atom stereocenters. The molecule has 1 aromatic rings. The second kappa shape index (κ2) is 4.23. The Morgan fingerprint density at radius 2 is 2.00 bits per heavy atom. The van der Waals surface area contributed by atoms with Crippen molar-refractivity contribution in [2.24, 2.45) is 0 Å². The molecule has 2 N–H and O–H groups in total. The lowest BCUT2D eigenvalue weighted by Crippen LogP contribution is -2.49. The fourth-order valence-corrected chi connectivity index (χ4v) is 2.52. The predicted octanol–water partition coefficient (Wildman–Crippen LogP) is 0.981. The number of amides is 1. The molecular formula is C13H18N2O3S. The minimum atomic E-state index is -3.47. The number of hydrogen-bond acceptors (Lipinski definition) is 4. The molecule has 5 nitrogen and oxygen atoms in total. The second-order valence-electron chi connectivity index (χ2n) is 5.38. The number of carbonyl (C=O) groups is 1. The molecule has 0 aromatic heterocycles. The van der Waals surface area contributed by atoms with Crippen molar-refractivity contribution in [2.45, 2.75) is 25.0 Å². The van der Waals surface area contributed by atoms with Gasteiger partial charge in [0.2, 0.25) is 5.91 Å². The van der Waals surface area contributed by atoms with Crippen LogP contribution in [0.5, 0.6) is 0 Å². The lowest BCUT2D eigenvalue weighted by Gasteiger charge is -2.28. The average Bonchev–Trinajstić information content (AvgIpc) is 2.69. The summed E-state index contributed by atoms with van der Waals surface area (Å²) in [7, 11) is -3.47. The van der Waals surface area contributed by atoms with E-state index >= 15 is 0 Å². The van der Waals surface area contributed by atoms with Crippen LogP contribution in [0.2, 0.25) is 0 Å². The van der Waals surface area contributed by atoms with Crippen LogP contribution in [0.4, 0.5) is 11.4 Å². The largest absolute Gasteiger partial charge is 0.399 e. The Bertz CT molecular complexity index is 635. The molecule has 0 spiro atoms. The molecule has 1 aliphatic rings. The number of fused-ring (bicyclic) bond motifs is 1. The van der Waals surface area contributed by atoms with Crippen LogP contribution in [0.1, 0.15) is 19.4 Å². The molecule has 0 aliphatic carbocycles. The van der Waals surface area contributed by atoms with Crippen LogP contribution < -0.4 is 10.6 Å². The SMILES string of the molecule is CC(C)(C(=O)N1CCc2ccc(N)cc21)S(C)(=O)=O. The molecule has 0 radical (unpaired) electrons. The first-order chi connectivity index (χ1) is 8.64. The average molecular weight is 282 g/mol. The zero-order chi connectivity index (χ0) is 14.4. The van der Waals surface area contributed by atoms with Gasteiger partial charge in [0.15, 0.2) is 9.84 Å². The minimum absolute atomic E-state index is 0.403. The number of nitrogen functional groups attached to an aromatic ring is 1. The molecule has 0 saturated carbocycles. The fourth-order valence-electron chi connectivity index (χ4n) is 2.09. The van der Waals surface area contributed by atoms with Crippen molar-refractivity contribution in [1.82, 2.24) is 0 Å². The molecule has 6 heteroatoms. The number of nitrogens with zero attached hydrogens (tertiary/aromatic N) is 1. The van der Waals surface area contributed by atoms with Crippen LogP contribution in [0.15, 0.2) is 18.2 Å². The van der Waals surface area contributed by atoms with E-state index in [1.165, 1.54) is 18.7 Å². The number of carbonyl (C=O) groups excluding carboxylic acids is 1. The molecule has 0 unspecified atom stereocenters. The van der Waals surface area contributed by atoms with Crippen molar-refractivity contribution in [3.63, 3.8) is 0 Å². The quantitative estimate of drug-likeness (QED) is 0.820. The molecule has 2 rings (SSSR count). The Kier molecular flexibility index (Phi) is 3.09. The van der Waals surface area contributed by atoms with Gasteiger partial charge in [-0.2, -0.15) is 0 Å². The molecule has 1 aliphatic heterocycles. The van der Waals surface area contributed by atoms with Gasteiger partial charge in [-0.1, -0.05) is 6.07 Å². The van der Waals surface area contributed by atoms with Crippen molar-refractivity contribution in [1.29, 1.82) is 0 Å². The van der Waals surface area contributed by atoms with E-state index in [9.17, 15) is 13.2 Å². The first-order valence-corrected chi connectivity index (χ1v) is 7.93. The molecule has 1 heterocycles. The molecular weight excluding hydrogens is 264 g/mol. The van der Waals surface area contributed by atoms with Gasteiger partial charge >= 0.3 is 0 Å². The maximum Gasteiger partial charge on any atom is 0.247 e. The van der Waals surface area contributed by atoms with Gasteiger partial charge in [0.25, 0.3) is 0 Å². The Hall–Kier alpha value is -1.56. The molecule has 19 heavy (non-hydrogen) atoms. The van der Waals surface area contributed by atoms with Gasteiger partial charge in [-0.3, -0.25) is 4.79 Å². The number of benzene rings is 1. The van der Waals surface area contributed by atoms with Crippen LogP contribution in [-0.2, 0) is 21.1 Å². The molecule has 0 fully saturated rings. The highest BCUT2D eigenvalue weighted by Gasteiger charge is 2.43. The van der Waals surface area contributed by atoms with Gasteiger partial charge in [-0.15, -0.1) is 0 Å². The summed E-state index contributed by atoms with van der Waals surface area (Å²) < 4.78 is 22.1. The van der Waals surface area contributed by atoms with Gasteiger partial charge in [0.05, 0.1) is 0 Å². The van der Waals surface area contributed by atoms with Gasteiger partial charge < -0.3 is 10.6 Å². The van der Waals surface area contributed by atoms with Gasteiger partial charge in [0.1, 0.15) is 4.75 Å². The summed E-state index contributed by atoms with van der Waals surface area (Å²) in [5.74, 6) is -0.403. The predicted molar refractivity (Wildman–Crippen MR) is 75.8 cm³/mol. The topological polar surface area (TPSA) is 80.5 Å². The van der Waals surface area contributed by atoms with E-state index in [2.05, 4.69) is 0 Å². The van der Waals surface area contributed by atoms with Crippen molar-refractivity contribution in [2.75, 3.05) is 23.4 Å². The Morgan fingerprint density at radius 3 is 2.58 bits per heavy atom. The van der Waals surface area contributed by atoms with Crippen molar-refractivity contribution < 1.29 is 13.2 Å². The van der Waals surface area contributed by atoms with E-state index in [4.69, 9.17) is 5.73 Å². The molecule has 1 amide bonds. The van der Waals surface area contributed by atoms with E-state index in [-0.39, 0.29) is 0 Å². The van der Waals surface area contributed by atoms with Crippen molar-refractivity contribution in [3.8, 4) is 0 Å². The summed E-state index contributed by atoms with van der Waals surface area (Å²) in [5.41, 5.74) is 8.04. The molecule has 0 bridgehead atoms. The number of sulfone groups is 1. The van der Waals surface area contributed by atoms with Gasteiger partial charge in [-0.25, -0.2) is 8.42 Å². The third-order valence-electron chi connectivity index (χ3n) is 3.69. The Morgan fingerprint density at radius 1 is 1.37 bits per heavy atom. The first-order valence-electron chi connectivity index (χ1n) is 6.04. The van der Waals surface area contributed by atoms with E-state index in [1.54, 1.807) is 12.1 Å². The zero-order valence-electron chi connectivity index (χ0n) is 11.3. The van der Waals surface area contributed by atoms with E-state index in [0.717, 1.165) is 23.9 Å². The normalized spacial score (nSPS) is 15.4. The summed E-state index contributed by atoms with van der Waals surface area (Å²) in [6.45, 7) is 3.38. The van der Waals surface area contributed by atoms with Gasteiger partial charge in [0, 0.05) is 24.2 Å². The van der Waals surface area contributed by atoms with Crippen LogP contribution in [0, 0.1) is 0 Å². The fraction of sp³-hybridized carbons (Fsp3) is 0.462. The molecule has 0 saturated heterocycles. The summed E-state index contributed by atoms with van der Waals surface area (Å²) in [5, 5.41) is 0. The third kappa shape index (κ3) is 2.20. The van der Waals surface area contributed by atoms with E-state index in [1.807, 2.05) is 6.07 Å². The minimum Gasteiger partial charge on any atom is -0.399 e. The Labute approximate surface area is 113 Å². The Balaban J connectivity index is 2.42. The van der Waals surface area contributed by atoms with Gasteiger partial charge in [-0.05, 0) is 38.0 Å². The smallest absolute Gasteiger partial charge is 0.247 e. The second-order valence-corrected chi connectivity index (χ2v) is 7.94. The van der Waals surface area contributed by atoms with Crippen LogP contribution in [0.25, 0.3) is 0 Å². The zero-order valence-corrected chi connectivity index (χ0v) is 12.1. The van der Waals surface area contributed by atoms with Crippen LogP contribution in [0.3, 0.4) is 0 Å². The van der Waals surface area contributed by atoms with Crippen LogP contribution >= 0.6 is 0 Å². The summed E-state index contributed by atoms with van der Waals surface area (Å²) in [6.07, 6.45) is 1.81. The van der Waals surface area contributed by atoms with Crippen LogP contribution in [-0.4, -0.2) is 31.9 Å². The van der Waals surface area contributed by atoms with Crippen molar-refractivity contribution in [3.05, 3.63) is 23.8 Å². The molecule has 104 valence electrons. The number of rotatable bonds is 2. The number of hydrogen-bond donors (Lipinski definition) is 1. The van der Waals surface area contributed by atoms with Crippen molar-refractivity contribution >= 4 is 27.1 Å². The summed E-state index contributed by atoms with van der Waals surface area (Å²) in [4.78, 5) is 14.0. The summed E-state index contributed by atoms with van der Waals surface area (Å²) >= 11 is 0. The van der Waals surface area contributed by atoms with E-state index < -0.39 is 20.5 Å². The van der Waals surface area contributed by atoms with E-state index in [0.29, 0.717) is 12.2 Å². The third-order valence-corrected chi connectivity index (χ3v) is 5.72. The lowest BCUT2D eigenvalue weighted by molar-refractivity contribution is -0.120.